The van der Waals surface area contributed by atoms with Crippen LogP contribution in [0.1, 0.15) is 30.6 Å². The molecule has 0 bridgehead atoms. The van der Waals surface area contributed by atoms with Crippen molar-refractivity contribution in [3.63, 3.8) is 0 Å². The number of thiophene rings is 1. The van der Waals surface area contributed by atoms with E-state index in [1.54, 1.807) is 11.3 Å². The highest BCUT2D eigenvalue weighted by molar-refractivity contribution is 7.09. The second kappa shape index (κ2) is 4.33. The smallest absolute Gasteiger partial charge is 0.323 e. The predicted molar refractivity (Wildman–Crippen MR) is 60.0 cm³/mol. The summed E-state index contributed by atoms with van der Waals surface area (Å²) in [5, 5.41) is 14.5. The molecule has 2 rings (SSSR count). The van der Waals surface area contributed by atoms with E-state index in [1.807, 2.05) is 17.5 Å². The van der Waals surface area contributed by atoms with Crippen LogP contribution in [0.5, 0.6) is 0 Å². The molecule has 0 saturated heterocycles. The first kappa shape index (κ1) is 10.6. The monoisotopic (exact) mass is 225 g/mol. The Morgan fingerprint density at radius 2 is 2.27 bits per heavy atom. The fourth-order valence-electron chi connectivity index (χ4n) is 2.11. The summed E-state index contributed by atoms with van der Waals surface area (Å²) >= 11 is 1.66. The van der Waals surface area contributed by atoms with Gasteiger partial charge in [0.15, 0.2) is 0 Å². The minimum absolute atomic E-state index is 0.663. The fourth-order valence-corrected chi connectivity index (χ4v) is 2.76. The second-order valence-electron chi connectivity index (χ2n) is 4.03. The van der Waals surface area contributed by atoms with Gasteiger partial charge in [-0.3, -0.25) is 10.1 Å². The number of carboxylic acid groups (broad SMARTS) is 1. The van der Waals surface area contributed by atoms with Gasteiger partial charge in [0.1, 0.15) is 5.54 Å². The van der Waals surface area contributed by atoms with Crippen molar-refractivity contribution in [3.05, 3.63) is 22.4 Å². The molecule has 1 heterocycles. The van der Waals surface area contributed by atoms with Gasteiger partial charge in [0, 0.05) is 11.4 Å². The number of nitrogens with one attached hydrogen (secondary N) is 1. The Morgan fingerprint density at radius 3 is 2.80 bits per heavy atom. The molecule has 0 amide bonds. The molecule has 2 N–H and O–H groups in total. The summed E-state index contributed by atoms with van der Waals surface area (Å²) in [4.78, 5) is 12.4. The lowest BCUT2D eigenvalue weighted by atomic mass is 9.98. The summed E-state index contributed by atoms with van der Waals surface area (Å²) in [6, 6.07) is 4.02. The van der Waals surface area contributed by atoms with Crippen LogP contribution < -0.4 is 5.32 Å². The van der Waals surface area contributed by atoms with Crippen LogP contribution in [-0.4, -0.2) is 16.6 Å². The zero-order valence-electron chi connectivity index (χ0n) is 8.53. The molecular formula is C11H15NO2S. The average molecular weight is 225 g/mol. The highest BCUT2D eigenvalue weighted by Crippen LogP contribution is 2.30. The van der Waals surface area contributed by atoms with E-state index in [0.717, 1.165) is 25.7 Å². The van der Waals surface area contributed by atoms with Crippen LogP contribution in [0.2, 0.25) is 0 Å². The number of hydrogen-bond donors (Lipinski definition) is 2. The molecule has 0 aliphatic heterocycles. The molecule has 0 atom stereocenters. The summed E-state index contributed by atoms with van der Waals surface area (Å²) in [7, 11) is 0. The summed E-state index contributed by atoms with van der Waals surface area (Å²) in [6.45, 7) is 0.671. The topological polar surface area (TPSA) is 49.3 Å². The maximum absolute atomic E-state index is 11.2. The van der Waals surface area contributed by atoms with Crippen LogP contribution in [0.15, 0.2) is 17.5 Å². The van der Waals surface area contributed by atoms with Crippen molar-refractivity contribution in [2.75, 3.05) is 0 Å². The number of hydrogen-bond acceptors (Lipinski definition) is 3. The van der Waals surface area contributed by atoms with Crippen molar-refractivity contribution in [2.24, 2.45) is 0 Å². The average Bonchev–Trinajstić information content (AvgIpc) is 2.87. The third-order valence-corrected chi connectivity index (χ3v) is 3.92. The van der Waals surface area contributed by atoms with Crippen molar-refractivity contribution in [3.8, 4) is 0 Å². The quantitative estimate of drug-likeness (QED) is 0.826. The van der Waals surface area contributed by atoms with E-state index in [2.05, 4.69) is 5.32 Å². The third-order valence-electron chi connectivity index (χ3n) is 3.05. The summed E-state index contributed by atoms with van der Waals surface area (Å²) in [5.41, 5.74) is -0.663. The van der Waals surface area contributed by atoms with E-state index in [9.17, 15) is 9.90 Å². The molecular weight excluding hydrogens is 210 g/mol. The van der Waals surface area contributed by atoms with Gasteiger partial charge in [0.2, 0.25) is 0 Å². The highest BCUT2D eigenvalue weighted by Gasteiger charge is 2.40. The van der Waals surface area contributed by atoms with E-state index in [1.165, 1.54) is 4.88 Å². The normalized spacial score (nSPS) is 19.2. The minimum Gasteiger partial charge on any atom is -0.480 e. The minimum atomic E-state index is -0.698. The van der Waals surface area contributed by atoms with E-state index < -0.39 is 11.5 Å². The Morgan fingerprint density at radius 1 is 1.53 bits per heavy atom. The van der Waals surface area contributed by atoms with Crippen molar-refractivity contribution >= 4 is 17.3 Å². The zero-order chi connectivity index (χ0) is 10.7. The van der Waals surface area contributed by atoms with Crippen LogP contribution in [0, 0.1) is 0 Å². The Hall–Kier alpha value is -0.870. The van der Waals surface area contributed by atoms with Gasteiger partial charge >= 0.3 is 5.97 Å². The lowest BCUT2D eigenvalue weighted by Gasteiger charge is -2.25. The van der Waals surface area contributed by atoms with Gasteiger partial charge in [0.05, 0.1) is 0 Å². The Balaban J connectivity index is 1.99. The number of aliphatic carboxylic acids is 1. The van der Waals surface area contributed by atoms with Crippen LogP contribution in [0.4, 0.5) is 0 Å². The van der Waals surface area contributed by atoms with Crippen LogP contribution >= 0.6 is 11.3 Å². The molecule has 1 fully saturated rings. The molecule has 0 aromatic carbocycles. The lowest BCUT2D eigenvalue weighted by molar-refractivity contribution is -0.144. The first-order valence-electron chi connectivity index (χ1n) is 5.24. The first-order valence-corrected chi connectivity index (χ1v) is 6.12. The van der Waals surface area contributed by atoms with Gasteiger partial charge in [-0.05, 0) is 24.3 Å². The summed E-state index contributed by atoms with van der Waals surface area (Å²) in [5.74, 6) is -0.698. The highest BCUT2D eigenvalue weighted by atomic mass is 32.1. The van der Waals surface area contributed by atoms with Crippen LogP contribution in [-0.2, 0) is 11.3 Å². The molecule has 4 heteroatoms. The molecule has 0 unspecified atom stereocenters. The van der Waals surface area contributed by atoms with Gasteiger partial charge in [0.25, 0.3) is 0 Å². The Labute approximate surface area is 93.1 Å². The summed E-state index contributed by atoms with van der Waals surface area (Å²) < 4.78 is 0. The van der Waals surface area contributed by atoms with Crippen molar-refractivity contribution in [1.82, 2.24) is 5.32 Å². The molecule has 1 aromatic rings. The van der Waals surface area contributed by atoms with E-state index in [4.69, 9.17) is 0 Å². The lowest BCUT2D eigenvalue weighted by Crippen LogP contribution is -2.49. The van der Waals surface area contributed by atoms with E-state index in [-0.39, 0.29) is 0 Å². The Kier molecular flexibility index (Phi) is 3.07. The van der Waals surface area contributed by atoms with Gasteiger partial charge in [-0.2, -0.15) is 0 Å². The Bertz CT molecular complexity index is 328. The number of carboxylic acids is 1. The molecule has 1 aliphatic rings. The summed E-state index contributed by atoms with van der Waals surface area (Å²) in [6.07, 6.45) is 3.55. The van der Waals surface area contributed by atoms with Gasteiger partial charge in [-0.1, -0.05) is 18.9 Å². The van der Waals surface area contributed by atoms with Crippen molar-refractivity contribution < 1.29 is 9.90 Å². The molecule has 0 radical (unpaired) electrons. The van der Waals surface area contributed by atoms with Gasteiger partial charge in [-0.25, -0.2) is 0 Å². The molecule has 82 valence electrons. The molecule has 1 aliphatic carbocycles. The standard InChI is InChI=1S/C11H15NO2S/c13-10(14)11(5-1-2-6-11)12-8-9-4-3-7-15-9/h3-4,7,12H,1-2,5-6,8H2,(H,13,14). The molecule has 15 heavy (non-hydrogen) atoms. The fraction of sp³-hybridized carbons (Fsp3) is 0.545. The molecule has 3 nitrogen and oxygen atoms in total. The van der Waals surface area contributed by atoms with E-state index >= 15 is 0 Å². The maximum Gasteiger partial charge on any atom is 0.323 e. The third kappa shape index (κ3) is 2.21. The molecule has 1 saturated carbocycles. The molecule has 1 aromatic heterocycles. The van der Waals surface area contributed by atoms with E-state index in [0.29, 0.717) is 6.54 Å². The van der Waals surface area contributed by atoms with Crippen LogP contribution in [0.25, 0.3) is 0 Å². The maximum atomic E-state index is 11.2. The number of rotatable bonds is 4. The predicted octanol–water partition coefficient (Wildman–Crippen LogP) is 2.24. The SMILES string of the molecule is O=C(O)C1(NCc2cccs2)CCCC1. The van der Waals surface area contributed by atoms with Gasteiger partial charge < -0.3 is 5.11 Å². The molecule has 0 spiro atoms. The zero-order valence-corrected chi connectivity index (χ0v) is 9.35. The second-order valence-corrected chi connectivity index (χ2v) is 5.06. The number of carbonyl (C=O) groups is 1. The van der Waals surface area contributed by atoms with Crippen molar-refractivity contribution in [2.45, 2.75) is 37.8 Å². The van der Waals surface area contributed by atoms with Gasteiger partial charge in [-0.15, -0.1) is 11.3 Å². The van der Waals surface area contributed by atoms with Crippen LogP contribution in [0.3, 0.4) is 0 Å². The first-order chi connectivity index (χ1) is 7.23. The van der Waals surface area contributed by atoms with Crippen molar-refractivity contribution in [1.29, 1.82) is 0 Å². The largest absolute Gasteiger partial charge is 0.480 e.